The lowest BCUT2D eigenvalue weighted by atomic mass is 9.85. The third-order valence-electron chi connectivity index (χ3n) is 4.84. The molecule has 0 aliphatic heterocycles. The van der Waals surface area contributed by atoms with Crippen molar-refractivity contribution >= 4 is 11.8 Å². The molecule has 4 heteroatoms. The molecule has 1 saturated carbocycles. The minimum Gasteiger partial charge on any atom is -0.273 e. The van der Waals surface area contributed by atoms with Gasteiger partial charge in [-0.2, -0.15) is 0 Å². The highest BCUT2D eigenvalue weighted by Crippen LogP contribution is 2.58. The first kappa shape index (κ1) is 17.2. The summed E-state index contributed by atoms with van der Waals surface area (Å²) in [5.74, 6) is -0.547. The fourth-order valence-electron chi connectivity index (χ4n) is 3.25. The van der Waals surface area contributed by atoms with E-state index in [4.69, 9.17) is 0 Å². The van der Waals surface area contributed by atoms with Gasteiger partial charge in [-0.15, -0.1) is 0 Å². The number of hydrogen-bond acceptors (Lipinski definition) is 2. The Hall–Kier alpha value is -2.62. The Morgan fingerprint density at radius 2 is 1.36 bits per heavy atom. The maximum Gasteiger partial charge on any atom is 0.243 e. The van der Waals surface area contributed by atoms with Crippen LogP contribution in [0.25, 0.3) is 0 Å². The van der Waals surface area contributed by atoms with Crippen molar-refractivity contribution in [2.45, 2.75) is 32.6 Å². The first-order chi connectivity index (χ1) is 11.9. The predicted octanol–water partition coefficient (Wildman–Crippen LogP) is 3.19. The van der Waals surface area contributed by atoms with Crippen LogP contribution in [-0.4, -0.2) is 11.8 Å². The van der Waals surface area contributed by atoms with Gasteiger partial charge in [-0.1, -0.05) is 81.4 Å². The SMILES string of the molecule is CC(C)(C)C(=O)NNC(=O)[C@H]1CC1(c1ccccc1)c1ccccc1. The molecule has 0 radical (unpaired) electrons. The molecule has 1 atom stereocenters. The third-order valence-corrected chi connectivity index (χ3v) is 4.84. The van der Waals surface area contributed by atoms with E-state index in [1.54, 1.807) is 0 Å². The Morgan fingerprint density at radius 1 is 0.880 bits per heavy atom. The summed E-state index contributed by atoms with van der Waals surface area (Å²) in [6.45, 7) is 5.43. The number of hydrazine groups is 1. The smallest absolute Gasteiger partial charge is 0.243 e. The fraction of sp³-hybridized carbons (Fsp3) is 0.333. The summed E-state index contributed by atoms with van der Waals surface area (Å²) in [7, 11) is 0. The third kappa shape index (κ3) is 3.29. The summed E-state index contributed by atoms with van der Waals surface area (Å²) in [4.78, 5) is 24.7. The summed E-state index contributed by atoms with van der Waals surface area (Å²) in [6.07, 6.45) is 0.734. The quantitative estimate of drug-likeness (QED) is 0.846. The van der Waals surface area contributed by atoms with E-state index in [9.17, 15) is 9.59 Å². The Kier molecular flexibility index (Phi) is 4.38. The van der Waals surface area contributed by atoms with Gasteiger partial charge in [0.05, 0.1) is 5.92 Å². The number of hydrogen-bond donors (Lipinski definition) is 2. The minimum atomic E-state index is -0.549. The van der Waals surface area contributed by atoms with Gasteiger partial charge < -0.3 is 0 Å². The Labute approximate surface area is 148 Å². The lowest BCUT2D eigenvalue weighted by Crippen LogP contribution is -2.47. The number of rotatable bonds is 3. The zero-order valence-electron chi connectivity index (χ0n) is 14.9. The second kappa shape index (κ2) is 6.36. The van der Waals surface area contributed by atoms with Gasteiger partial charge in [0.25, 0.3) is 0 Å². The number of nitrogens with one attached hydrogen (secondary N) is 2. The minimum absolute atomic E-state index is 0.148. The molecular weight excluding hydrogens is 312 g/mol. The van der Waals surface area contributed by atoms with E-state index in [1.165, 1.54) is 0 Å². The van der Waals surface area contributed by atoms with Crippen molar-refractivity contribution in [3.8, 4) is 0 Å². The van der Waals surface area contributed by atoms with Crippen molar-refractivity contribution in [2.75, 3.05) is 0 Å². The van der Waals surface area contributed by atoms with Gasteiger partial charge in [-0.05, 0) is 17.5 Å². The summed E-state index contributed by atoms with van der Waals surface area (Å²) >= 11 is 0. The lowest BCUT2D eigenvalue weighted by Gasteiger charge is -2.20. The molecule has 0 bridgehead atoms. The molecule has 2 aromatic carbocycles. The predicted molar refractivity (Wildman–Crippen MR) is 97.5 cm³/mol. The van der Waals surface area contributed by atoms with Crippen LogP contribution in [0.5, 0.6) is 0 Å². The molecule has 0 heterocycles. The standard InChI is InChI=1S/C21H24N2O2/c1-20(2,3)19(25)23-22-18(24)17-14-21(17,15-10-6-4-7-11-15)16-12-8-5-9-13-16/h4-13,17H,14H2,1-3H3,(H,22,24)(H,23,25)/t17-/m1/s1. The highest BCUT2D eigenvalue weighted by molar-refractivity contribution is 5.89. The summed E-state index contributed by atoms with van der Waals surface area (Å²) in [5, 5.41) is 0. The molecule has 2 amide bonds. The Bertz CT molecular complexity index is 724. The molecule has 0 spiro atoms. The van der Waals surface area contributed by atoms with E-state index in [-0.39, 0.29) is 23.1 Å². The summed E-state index contributed by atoms with van der Waals surface area (Å²) < 4.78 is 0. The molecule has 0 saturated heterocycles. The van der Waals surface area contributed by atoms with E-state index < -0.39 is 5.41 Å². The molecule has 0 unspecified atom stereocenters. The van der Waals surface area contributed by atoms with E-state index >= 15 is 0 Å². The topological polar surface area (TPSA) is 58.2 Å². The normalized spacial score (nSPS) is 18.3. The average molecular weight is 336 g/mol. The van der Waals surface area contributed by atoms with Crippen molar-refractivity contribution in [1.29, 1.82) is 0 Å². The molecule has 3 rings (SSSR count). The molecule has 0 aromatic heterocycles. The molecule has 4 nitrogen and oxygen atoms in total. The number of carbonyl (C=O) groups is 2. The summed E-state index contributed by atoms with van der Waals surface area (Å²) in [6, 6.07) is 20.2. The summed E-state index contributed by atoms with van der Waals surface area (Å²) in [5.41, 5.74) is 6.54. The lowest BCUT2D eigenvalue weighted by molar-refractivity contribution is -0.134. The second-order valence-corrected chi connectivity index (χ2v) is 7.65. The Balaban J connectivity index is 1.81. The highest BCUT2D eigenvalue weighted by Gasteiger charge is 2.60. The van der Waals surface area contributed by atoms with Crippen LogP contribution in [0.15, 0.2) is 60.7 Å². The zero-order chi connectivity index (χ0) is 18.1. The number of amides is 2. The van der Waals surface area contributed by atoms with Gasteiger partial charge in [0.1, 0.15) is 0 Å². The van der Waals surface area contributed by atoms with Gasteiger partial charge in [0, 0.05) is 10.8 Å². The van der Waals surface area contributed by atoms with Crippen LogP contribution < -0.4 is 10.9 Å². The van der Waals surface area contributed by atoms with Gasteiger partial charge in [0.15, 0.2) is 0 Å². The second-order valence-electron chi connectivity index (χ2n) is 7.65. The Morgan fingerprint density at radius 3 is 1.80 bits per heavy atom. The van der Waals surface area contributed by atoms with Gasteiger partial charge in [-0.3, -0.25) is 20.4 Å². The molecule has 25 heavy (non-hydrogen) atoms. The first-order valence-electron chi connectivity index (χ1n) is 8.57. The number of benzene rings is 2. The molecule has 2 N–H and O–H groups in total. The van der Waals surface area contributed by atoms with Gasteiger partial charge in [-0.25, -0.2) is 0 Å². The van der Waals surface area contributed by atoms with Crippen molar-refractivity contribution in [3.63, 3.8) is 0 Å². The maximum atomic E-state index is 12.7. The van der Waals surface area contributed by atoms with Crippen molar-refractivity contribution in [3.05, 3.63) is 71.8 Å². The zero-order valence-corrected chi connectivity index (χ0v) is 14.9. The molecule has 1 fully saturated rings. The van der Waals surface area contributed by atoms with E-state index in [1.807, 2.05) is 57.2 Å². The monoisotopic (exact) mass is 336 g/mol. The highest BCUT2D eigenvalue weighted by atomic mass is 16.2. The van der Waals surface area contributed by atoms with E-state index in [0.29, 0.717) is 0 Å². The molecule has 1 aliphatic rings. The van der Waals surface area contributed by atoms with Crippen LogP contribution in [0.2, 0.25) is 0 Å². The van der Waals surface area contributed by atoms with Crippen LogP contribution >= 0.6 is 0 Å². The van der Waals surface area contributed by atoms with Crippen molar-refractivity contribution < 1.29 is 9.59 Å². The first-order valence-corrected chi connectivity index (χ1v) is 8.57. The van der Waals surface area contributed by atoms with Crippen molar-refractivity contribution in [2.24, 2.45) is 11.3 Å². The van der Waals surface area contributed by atoms with E-state index in [0.717, 1.165) is 17.5 Å². The molecule has 2 aromatic rings. The van der Waals surface area contributed by atoms with E-state index in [2.05, 4.69) is 35.1 Å². The molecular formula is C21H24N2O2. The molecule has 1 aliphatic carbocycles. The van der Waals surface area contributed by atoms with Crippen LogP contribution in [-0.2, 0) is 15.0 Å². The largest absolute Gasteiger partial charge is 0.273 e. The van der Waals surface area contributed by atoms with Crippen LogP contribution in [0.1, 0.15) is 38.3 Å². The average Bonchev–Trinajstić information content (AvgIpc) is 3.37. The molecule has 130 valence electrons. The fourth-order valence-corrected chi connectivity index (χ4v) is 3.25. The maximum absolute atomic E-state index is 12.7. The van der Waals surface area contributed by atoms with Crippen molar-refractivity contribution in [1.82, 2.24) is 10.9 Å². The van der Waals surface area contributed by atoms with Crippen LogP contribution in [0.3, 0.4) is 0 Å². The van der Waals surface area contributed by atoms with Crippen LogP contribution in [0, 0.1) is 11.3 Å². The van der Waals surface area contributed by atoms with Crippen LogP contribution in [0.4, 0.5) is 0 Å². The van der Waals surface area contributed by atoms with Gasteiger partial charge >= 0.3 is 0 Å². The van der Waals surface area contributed by atoms with Gasteiger partial charge in [0.2, 0.25) is 11.8 Å². The number of carbonyl (C=O) groups excluding carboxylic acids is 2.